The standard InChI is InChI=1S/C12H13BrClNO3S/c13-10-3-1-2-9(11(10)14)12(16)15-6-8-4-5-19(17,18)7-8/h1-3,8H,4-7H2,(H,15,16). The van der Waals surface area contributed by atoms with Gasteiger partial charge in [-0.15, -0.1) is 0 Å². The number of amides is 1. The SMILES string of the molecule is O=C(NCC1CCS(=O)(=O)C1)c1cccc(Br)c1Cl. The molecule has 0 aliphatic carbocycles. The predicted molar refractivity (Wildman–Crippen MR) is 78.2 cm³/mol. The van der Waals surface area contributed by atoms with E-state index in [0.717, 1.165) is 0 Å². The lowest BCUT2D eigenvalue weighted by molar-refractivity contribution is 0.0948. The molecule has 1 aliphatic heterocycles. The van der Waals surface area contributed by atoms with Gasteiger partial charge >= 0.3 is 0 Å². The Morgan fingerprint density at radius 3 is 2.84 bits per heavy atom. The lowest BCUT2D eigenvalue weighted by atomic mass is 10.1. The summed E-state index contributed by atoms with van der Waals surface area (Å²) in [4.78, 5) is 12.0. The maximum absolute atomic E-state index is 12.0. The number of carbonyl (C=O) groups is 1. The molecule has 0 bridgehead atoms. The van der Waals surface area contributed by atoms with E-state index < -0.39 is 9.84 Å². The summed E-state index contributed by atoms with van der Waals surface area (Å²) in [6.45, 7) is 0.362. The third-order valence-electron chi connectivity index (χ3n) is 3.07. The molecule has 0 spiro atoms. The Kier molecular flexibility index (Phi) is 4.53. The first-order chi connectivity index (χ1) is 8.89. The van der Waals surface area contributed by atoms with Crippen LogP contribution in [0.25, 0.3) is 0 Å². The number of carbonyl (C=O) groups excluding carboxylic acids is 1. The summed E-state index contributed by atoms with van der Waals surface area (Å²) >= 11 is 9.28. The zero-order chi connectivity index (χ0) is 14.0. The number of nitrogens with one attached hydrogen (secondary N) is 1. The van der Waals surface area contributed by atoms with E-state index in [1.807, 2.05) is 0 Å². The Balaban J connectivity index is 1.97. The van der Waals surface area contributed by atoms with Gasteiger partial charge in [0.2, 0.25) is 0 Å². The minimum Gasteiger partial charge on any atom is -0.352 e. The number of benzene rings is 1. The van der Waals surface area contributed by atoms with Crippen LogP contribution >= 0.6 is 27.5 Å². The van der Waals surface area contributed by atoms with Gasteiger partial charge in [0.05, 0.1) is 22.1 Å². The minimum atomic E-state index is -2.91. The van der Waals surface area contributed by atoms with Crippen molar-refractivity contribution in [3.05, 3.63) is 33.3 Å². The summed E-state index contributed by atoms with van der Waals surface area (Å²) in [5.74, 6) is 0.0838. The molecule has 1 aromatic carbocycles. The van der Waals surface area contributed by atoms with Crippen LogP contribution < -0.4 is 5.32 Å². The summed E-state index contributed by atoms with van der Waals surface area (Å²) in [5.41, 5.74) is 0.386. The second kappa shape index (κ2) is 5.81. The molecule has 1 aliphatic rings. The number of hydrogen-bond acceptors (Lipinski definition) is 3. The van der Waals surface area contributed by atoms with Gasteiger partial charge < -0.3 is 5.32 Å². The van der Waals surface area contributed by atoms with Crippen molar-refractivity contribution in [1.29, 1.82) is 0 Å². The number of hydrogen-bond donors (Lipinski definition) is 1. The number of halogens is 2. The van der Waals surface area contributed by atoms with Gasteiger partial charge in [-0.25, -0.2) is 8.42 Å². The van der Waals surface area contributed by atoms with Gasteiger partial charge in [-0.1, -0.05) is 17.7 Å². The van der Waals surface area contributed by atoms with Gasteiger partial charge in [0.25, 0.3) is 5.91 Å². The average molecular weight is 367 g/mol. The lowest BCUT2D eigenvalue weighted by Gasteiger charge is -2.11. The normalized spacial score (nSPS) is 21.3. The van der Waals surface area contributed by atoms with Gasteiger partial charge in [-0.3, -0.25) is 4.79 Å². The third kappa shape index (κ3) is 3.70. The first kappa shape index (κ1) is 14.8. The van der Waals surface area contributed by atoms with Crippen molar-refractivity contribution in [3.63, 3.8) is 0 Å². The van der Waals surface area contributed by atoms with E-state index in [2.05, 4.69) is 21.2 Å². The first-order valence-electron chi connectivity index (χ1n) is 5.82. The summed E-state index contributed by atoms with van der Waals surface area (Å²) in [7, 11) is -2.91. The molecular weight excluding hydrogens is 354 g/mol. The van der Waals surface area contributed by atoms with Gasteiger partial charge in [-0.2, -0.15) is 0 Å². The van der Waals surface area contributed by atoms with Crippen LogP contribution in [0.3, 0.4) is 0 Å². The summed E-state index contributed by atoms with van der Waals surface area (Å²) < 4.78 is 23.3. The van der Waals surface area contributed by atoms with E-state index in [4.69, 9.17) is 11.6 Å². The molecule has 19 heavy (non-hydrogen) atoms. The quantitative estimate of drug-likeness (QED) is 0.892. The Hall–Kier alpha value is -0.590. The Morgan fingerprint density at radius 2 is 2.21 bits per heavy atom. The first-order valence-corrected chi connectivity index (χ1v) is 8.81. The maximum Gasteiger partial charge on any atom is 0.252 e. The van der Waals surface area contributed by atoms with Crippen molar-refractivity contribution in [3.8, 4) is 0 Å². The highest BCUT2D eigenvalue weighted by Crippen LogP contribution is 2.26. The molecule has 0 radical (unpaired) electrons. The molecule has 4 nitrogen and oxygen atoms in total. The minimum absolute atomic E-state index is 0.000113. The van der Waals surface area contributed by atoms with Crippen LogP contribution in [-0.2, 0) is 9.84 Å². The second-order valence-electron chi connectivity index (χ2n) is 4.58. The highest BCUT2D eigenvalue weighted by molar-refractivity contribution is 9.10. The molecule has 0 saturated carbocycles. The Bertz CT molecular complexity index is 603. The van der Waals surface area contributed by atoms with Crippen molar-refractivity contribution in [2.75, 3.05) is 18.1 Å². The fourth-order valence-electron chi connectivity index (χ4n) is 2.04. The van der Waals surface area contributed by atoms with Crippen molar-refractivity contribution < 1.29 is 13.2 Å². The third-order valence-corrected chi connectivity index (χ3v) is 6.21. The Morgan fingerprint density at radius 1 is 1.47 bits per heavy atom. The monoisotopic (exact) mass is 365 g/mol. The van der Waals surface area contributed by atoms with E-state index in [-0.39, 0.29) is 23.3 Å². The van der Waals surface area contributed by atoms with Crippen LogP contribution in [0.15, 0.2) is 22.7 Å². The topological polar surface area (TPSA) is 63.2 Å². The largest absolute Gasteiger partial charge is 0.352 e. The molecule has 1 unspecified atom stereocenters. The molecule has 104 valence electrons. The molecule has 1 N–H and O–H groups in total. The van der Waals surface area contributed by atoms with E-state index >= 15 is 0 Å². The van der Waals surface area contributed by atoms with Crippen LogP contribution in [0.2, 0.25) is 5.02 Å². The van der Waals surface area contributed by atoms with Crippen LogP contribution in [-0.4, -0.2) is 32.4 Å². The second-order valence-corrected chi connectivity index (χ2v) is 8.04. The number of rotatable bonds is 3. The molecule has 1 fully saturated rings. The van der Waals surface area contributed by atoms with Crippen LogP contribution in [0.1, 0.15) is 16.8 Å². The van der Waals surface area contributed by atoms with Crippen LogP contribution in [0.5, 0.6) is 0 Å². The van der Waals surface area contributed by atoms with E-state index in [0.29, 0.717) is 28.0 Å². The molecular formula is C12H13BrClNO3S. The Labute approximate surface area is 125 Å². The van der Waals surface area contributed by atoms with E-state index in [1.165, 1.54) is 0 Å². The van der Waals surface area contributed by atoms with Crippen molar-refractivity contribution in [2.45, 2.75) is 6.42 Å². The zero-order valence-electron chi connectivity index (χ0n) is 10.0. The summed E-state index contributed by atoms with van der Waals surface area (Å²) in [6, 6.07) is 5.11. The maximum atomic E-state index is 12.0. The van der Waals surface area contributed by atoms with Crippen molar-refractivity contribution in [1.82, 2.24) is 5.32 Å². The molecule has 1 aromatic rings. The summed E-state index contributed by atoms with van der Waals surface area (Å²) in [6.07, 6.45) is 0.606. The number of sulfone groups is 1. The van der Waals surface area contributed by atoms with Crippen LogP contribution in [0.4, 0.5) is 0 Å². The van der Waals surface area contributed by atoms with Gasteiger partial charge in [-0.05, 0) is 40.4 Å². The van der Waals surface area contributed by atoms with E-state index in [9.17, 15) is 13.2 Å². The fraction of sp³-hybridized carbons (Fsp3) is 0.417. The van der Waals surface area contributed by atoms with Crippen molar-refractivity contribution >= 4 is 43.3 Å². The molecule has 0 aromatic heterocycles. The molecule has 1 heterocycles. The molecule has 2 rings (SSSR count). The molecule has 1 amide bonds. The van der Waals surface area contributed by atoms with Gasteiger partial charge in [0.1, 0.15) is 0 Å². The summed E-state index contributed by atoms with van der Waals surface area (Å²) in [5, 5.41) is 3.10. The highest BCUT2D eigenvalue weighted by atomic mass is 79.9. The predicted octanol–water partition coefficient (Wildman–Crippen LogP) is 2.27. The lowest BCUT2D eigenvalue weighted by Crippen LogP contribution is -2.30. The smallest absolute Gasteiger partial charge is 0.252 e. The van der Waals surface area contributed by atoms with Gasteiger partial charge in [0.15, 0.2) is 9.84 Å². The fourth-order valence-corrected chi connectivity index (χ4v) is 4.48. The van der Waals surface area contributed by atoms with E-state index in [1.54, 1.807) is 18.2 Å². The van der Waals surface area contributed by atoms with Crippen molar-refractivity contribution in [2.24, 2.45) is 5.92 Å². The molecule has 1 atom stereocenters. The highest BCUT2D eigenvalue weighted by Gasteiger charge is 2.28. The zero-order valence-corrected chi connectivity index (χ0v) is 13.2. The molecule has 7 heteroatoms. The van der Waals surface area contributed by atoms with Gasteiger partial charge in [0, 0.05) is 11.0 Å². The average Bonchev–Trinajstić information content (AvgIpc) is 2.69. The molecule has 1 saturated heterocycles. The van der Waals surface area contributed by atoms with Crippen LogP contribution in [0, 0.1) is 5.92 Å².